The monoisotopic (exact) mass is 434 g/mol. The Hall–Kier alpha value is -4.13. The van der Waals surface area contributed by atoms with Gasteiger partial charge in [-0.3, -0.25) is 0 Å². The number of methoxy groups -OCH3 is 1. The number of hydrogen-bond donors (Lipinski definition) is 0. The fraction of sp³-hybridized carbons (Fsp3) is 0.120. The van der Waals surface area contributed by atoms with Crippen molar-refractivity contribution in [1.82, 2.24) is 0 Å². The molecule has 0 radical (unpaired) electrons. The van der Waals surface area contributed by atoms with Crippen molar-refractivity contribution in [2.24, 2.45) is 0 Å². The summed E-state index contributed by atoms with van der Waals surface area (Å²) >= 11 is 0. The van der Waals surface area contributed by atoms with E-state index in [4.69, 9.17) is 18.6 Å². The highest BCUT2D eigenvalue weighted by Crippen LogP contribution is 2.36. The average molecular weight is 434 g/mol. The number of carbonyl (C=O) groups is 2. The zero-order chi connectivity index (χ0) is 22.7. The van der Waals surface area contributed by atoms with E-state index in [1.807, 2.05) is 0 Å². The molecular formula is C25H19FO6. The Morgan fingerprint density at radius 2 is 1.59 bits per heavy atom. The molecule has 0 atom stereocenters. The van der Waals surface area contributed by atoms with Crippen LogP contribution in [0, 0.1) is 5.82 Å². The Morgan fingerprint density at radius 3 is 2.25 bits per heavy atom. The van der Waals surface area contributed by atoms with Gasteiger partial charge in [0.1, 0.15) is 34.2 Å². The van der Waals surface area contributed by atoms with Gasteiger partial charge in [0.25, 0.3) is 0 Å². The normalized spacial score (nSPS) is 10.7. The molecule has 3 aromatic carbocycles. The predicted octanol–water partition coefficient (Wildman–Crippen LogP) is 5.64. The van der Waals surface area contributed by atoms with Gasteiger partial charge in [0.05, 0.1) is 19.3 Å². The molecule has 6 nitrogen and oxygen atoms in total. The summed E-state index contributed by atoms with van der Waals surface area (Å²) in [5.41, 5.74) is 1.52. The maximum Gasteiger partial charge on any atom is 0.343 e. The number of ether oxygens (including phenoxy) is 3. The number of halogens is 1. The summed E-state index contributed by atoms with van der Waals surface area (Å²) in [6.45, 7) is 1.90. The first-order chi connectivity index (χ1) is 15.5. The Kier molecular flexibility index (Phi) is 5.89. The first-order valence-electron chi connectivity index (χ1n) is 9.86. The van der Waals surface area contributed by atoms with Crippen molar-refractivity contribution in [3.05, 3.63) is 83.7 Å². The van der Waals surface area contributed by atoms with Gasteiger partial charge in [0.2, 0.25) is 0 Å². The van der Waals surface area contributed by atoms with Crippen molar-refractivity contribution in [2.75, 3.05) is 13.7 Å². The van der Waals surface area contributed by atoms with Gasteiger partial charge in [-0.25, -0.2) is 14.0 Å². The van der Waals surface area contributed by atoms with Crippen molar-refractivity contribution in [1.29, 1.82) is 0 Å². The summed E-state index contributed by atoms with van der Waals surface area (Å²) in [4.78, 5) is 25.2. The molecule has 4 rings (SSSR count). The number of carbonyl (C=O) groups excluding carboxylic acids is 2. The smallest absolute Gasteiger partial charge is 0.343 e. The topological polar surface area (TPSA) is 75.0 Å². The lowest BCUT2D eigenvalue weighted by atomic mass is 10.1. The van der Waals surface area contributed by atoms with E-state index in [-0.39, 0.29) is 23.5 Å². The molecule has 0 unspecified atom stereocenters. The molecule has 0 N–H and O–H groups in total. The molecule has 4 aromatic rings. The van der Waals surface area contributed by atoms with Crippen LogP contribution in [0.15, 0.2) is 71.1 Å². The minimum atomic E-state index is -0.652. The van der Waals surface area contributed by atoms with Gasteiger partial charge in [0, 0.05) is 10.9 Å². The number of esters is 2. The van der Waals surface area contributed by atoms with Gasteiger partial charge in [-0.15, -0.1) is 0 Å². The van der Waals surface area contributed by atoms with Crippen LogP contribution in [0.1, 0.15) is 27.6 Å². The van der Waals surface area contributed by atoms with Crippen LogP contribution in [0.5, 0.6) is 11.5 Å². The van der Waals surface area contributed by atoms with E-state index in [9.17, 15) is 14.0 Å². The first kappa shape index (κ1) is 21.1. The highest BCUT2D eigenvalue weighted by molar-refractivity contribution is 6.09. The van der Waals surface area contributed by atoms with E-state index in [1.165, 1.54) is 24.3 Å². The molecular weight excluding hydrogens is 415 g/mol. The Bertz CT molecular complexity index is 1270. The lowest BCUT2D eigenvalue weighted by Gasteiger charge is -2.06. The number of rotatable bonds is 6. The van der Waals surface area contributed by atoms with Crippen molar-refractivity contribution in [2.45, 2.75) is 6.92 Å². The first-order valence-corrected chi connectivity index (χ1v) is 9.86. The molecule has 0 aliphatic heterocycles. The molecule has 32 heavy (non-hydrogen) atoms. The van der Waals surface area contributed by atoms with Crippen LogP contribution in [0.3, 0.4) is 0 Å². The lowest BCUT2D eigenvalue weighted by molar-refractivity contribution is 0.0528. The zero-order valence-electron chi connectivity index (χ0n) is 17.4. The highest BCUT2D eigenvalue weighted by atomic mass is 19.1. The number of furan rings is 1. The molecule has 1 aromatic heterocycles. The Morgan fingerprint density at radius 1 is 0.906 bits per heavy atom. The van der Waals surface area contributed by atoms with Crippen LogP contribution in [0.2, 0.25) is 0 Å². The molecule has 0 saturated carbocycles. The van der Waals surface area contributed by atoms with E-state index >= 15 is 0 Å². The van der Waals surface area contributed by atoms with Crippen LogP contribution < -0.4 is 9.47 Å². The summed E-state index contributed by atoms with van der Waals surface area (Å²) < 4.78 is 34.9. The molecule has 0 spiro atoms. The molecule has 0 aliphatic rings. The largest absolute Gasteiger partial charge is 0.497 e. The Labute approximate surface area is 183 Å². The fourth-order valence-electron chi connectivity index (χ4n) is 3.24. The highest BCUT2D eigenvalue weighted by Gasteiger charge is 2.24. The number of hydrogen-bond acceptors (Lipinski definition) is 6. The number of fused-ring (bicyclic) bond motifs is 1. The van der Waals surface area contributed by atoms with Gasteiger partial charge in [-0.2, -0.15) is 0 Å². The standard InChI is InChI=1S/C25H19FO6/c1-3-30-25(28)22-20-14-19(31-24(27)16-4-8-17(26)9-5-16)12-13-21(20)32-23(22)15-6-10-18(29-2)11-7-15/h4-14H,3H2,1-2H3. The summed E-state index contributed by atoms with van der Waals surface area (Å²) in [5.74, 6) is -0.452. The van der Waals surface area contributed by atoms with Crippen LogP contribution in [-0.4, -0.2) is 25.7 Å². The fourth-order valence-corrected chi connectivity index (χ4v) is 3.24. The van der Waals surface area contributed by atoms with Crippen molar-refractivity contribution < 1.29 is 32.6 Å². The minimum Gasteiger partial charge on any atom is -0.497 e. The molecule has 0 fully saturated rings. The van der Waals surface area contributed by atoms with Gasteiger partial charge in [-0.05, 0) is 73.7 Å². The second kappa shape index (κ2) is 8.93. The summed E-state index contributed by atoms with van der Waals surface area (Å²) in [6.07, 6.45) is 0. The number of benzene rings is 3. The predicted molar refractivity (Wildman–Crippen MR) is 116 cm³/mol. The van der Waals surface area contributed by atoms with E-state index < -0.39 is 17.8 Å². The maximum atomic E-state index is 13.1. The minimum absolute atomic E-state index is 0.187. The van der Waals surface area contributed by atoms with E-state index in [1.54, 1.807) is 56.5 Å². The molecule has 0 amide bonds. The second-order valence-corrected chi connectivity index (χ2v) is 6.81. The summed E-state index contributed by atoms with van der Waals surface area (Å²) in [6, 6.07) is 16.8. The molecule has 0 aliphatic carbocycles. The zero-order valence-corrected chi connectivity index (χ0v) is 17.4. The van der Waals surface area contributed by atoms with Crippen molar-refractivity contribution in [3.8, 4) is 22.8 Å². The molecule has 162 valence electrons. The van der Waals surface area contributed by atoms with Gasteiger partial charge in [-0.1, -0.05) is 0 Å². The van der Waals surface area contributed by atoms with Gasteiger partial charge < -0.3 is 18.6 Å². The maximum absolute atomic E-state index is 13.1. The van der Waals surface area contributed by atoms with Crippen LogP contribution in [0.4, 0.5) is 4.39 Å². The Balaban J connectivity index is 1.75. The van der Waals surface area contributed by atoms with E-state index in [0.29, 0.717) is 28.0 Å². The molecule has 7 heteroatoms. The summed E-state index contributed by atoms with van der Waals surface area (Å²) in [7, 11) is 1.56. The second-order valence-electron chi connectivity index (χ2n) is 6.81. The molecule has 0 bridgehead atoms. The SMILES string of the molecule is CCOC(=O)c1c(-c2ccc(OC)cc2)oc2ccc(OC(=O)c3ccc(F)cc3)cc12. The van der Waals surface area contributed by atoms with E-state index in [2.05, 4.69) is 0 Å². The lowest BCUT2D eigenvalue weighted by Crippen LogP contribution is -2.08. The molecule has 1 heterocycles. The quantitative estimate of drug-likeness (QED) is 0.289. The van der Waals surface area contributed by atoms with Crippen LogP contribution >= 0.6 is 0 Å². The third-order valence-electron chi connectivity index (χ3n) is 4.78. The molecule has 0 saturated heterocycles. The third kappa shape index (κ3) is 4.18. The van der Waals surface area contributed by atoms with Crippen molar-refractivity contribution >= 4 is 22.9 Å². The third-order valence-corrected chi connectivity index (χ3v) is 4.78. The summed E-state index contributed by atoms with van der Waals surface area (Å²) in [5, 5.41) is 0.443. The van der Waals surface area contributed by atoms with Gasteiger partial charge in [0.15, 0.2) is 0 Å². The van der Waals surface area contributed by atoms with Gasteiger partial charge >= 0.3 is 11.9 Å². The average Bonchev–Trinajstić information content (AvgIpc) is 3.18. The van der Waals surface area contributed by atoms with Crippen molar-refractivity contribution in [3.63, 3.8) is 0 Å². The van der Waals surface area contributed by atoms with Crippen LogP contribution in [-0.2, 0) is 4.74 Å². The van der Waals surface area contributed by atoms with Crippen LogP contribution in [0.25, 0.3) is 22.3 Å². The van der Waals surface area contributed by atoms with E-state index in [0.717, 1.165) is 0 Å².